The Kier molecular flexibility index (Phi) is 7.27. The van der Waals surface area contributed by atoms with Crippen LogP contribution >= 0.6 is 34.7 Å². The van der Waals surface area contributed by atoms with E-state index in [9.17, 15) is 8.78 Å². The number of nitrogens with zero attached hydrogens (tertiary/aromatic N) is 3. The summed E-state index contributed by atoms with van der Waals surface area (Å²) in [5.41, 5.74) is 2.72. The maximum Gasteiger partial charge on any atom is 0.274 e. The average Bonchev–Trinajstić information content (AvgIpc) is 3.34. The monoisotopic (exact) mass is 451 g/mol. The van der Waals surface area contributed by atoms with Crippen LogP contribution in [0.3, 0.4) is 0 Å². The number of imidazole rings is 1. The summed E-state index contributed by atoms with van der Waals surface area (Å²) in [6, 6.07) is 12.1. The molecule has 3 nitrogen and oxygen atoms in total. The molecule has 0 bridgehead atoms. The molecule has 0 saturated carbocycles. The lowest BCUT2D eigenvalue weighted by Crippen LogP contribution is -1.91. The Morgan fingerprint density at radius 1 is 1.21 bits per heavy atom. The molecule has 0 radical (unpaired) electrons. The molecule has 1 aromatic carbocycles. The van der Waals surface area contributed by atoms with Crippen molar-refractivity contribution in [2.45, 2.75) is 37.8 Å². The van der Waals surface area contributed by atoms with Crippen molar-refractivity contribution in [3.63, 3.8) is 0 Å². The minimum atomic E-state index is -2.54. The third-order valence-electron chi connectivity index (χ3n) is 4.02. The standard InChI is InChI=1S/C19H14ClF2N3S2.C2H6/c1-11-16-14(20)7-13(26-10-12-5-3-2-4-6-12)9-25(16)18(24-11)19-23-8-15(27-19)17(21)22;1-2/h2-9,17H,10H2,1H3;1-2H3. The summed E-state index contributed by atoms with van der Waals surface area (Å²) in [6.07, 6.45) is 0.605. The van der Waals surface area contributed by atoms with Crippen LogP contribution in [0.25, 0.3) is 16.3 Å². The first-order chi connectivity index (χ1) is 14.0. The molecule has 0 amide bonds. The van der Waals surface area contributed by atoms with Crippen LogP contribution in [-0.2, 0) is 5.75 Å². The van der Waals surface area contributed by atoms with Crippen LogP contribution in [-0.4, -0.2) is 14.4 Å². The zero-order valence-electron chi connectivity index (χ0n) is 16.2. The first-order valence-electron chi connectivity index (χ1n) is 9.12. The number of hydrogen-bond acceptors (Lipinski definition) is 4. The number of aromatic nitrogens is 3. The Morgan fingerprint density at radius 3 is 2.59 bits per heavy atom. The van der Waals surface area contributed by atoms with Gasteiger partial charge in [0.25, 0.3) is 6.43 Å². The van der Waals surface area contributed by atoms with Crippen LogP contribution in [0.1, 0.15) is 36.4 Å². The Bertz CT molecular complexity index is 1090. The van der Waals surface area contributed by atoms with Crippen LogP contribution in [0, 0.1) is 6.92 Å². The number of thiazole rings is 1. The Labute approximate surface area is 181 Å². The van der Waals surface area contributed by atoms with Gasteiger partial charge in [0, 0.05) is 23.0 Å². The third-order valence-corrected chi connectivity index (χ3v) is 6.34. The SMILES string of the molecule is CC.Cc1nc(-c2ncc(C(F)F)s2)n2cc(SCc3ccccc3)cc(Cl)c12. The Balaban J connectivity index is 0.00000117. The number of rotatable bonds is 5. The lowest BCUT2D eigenvalue weighted by Gasteiger charge is -2.07. The van der Waals surface area contributed by atoms with Gasteiger partial charge in [0.2, 0.25) is 0 Å². The second-order valence-corrected chi connectivity index (χ2v) is 8.42. The molecule has 0 fully saturated rings. The fourth-order valence-electron chi connectivity index (χ4n) is 2.78. The second-order valence-electron chi connectivity index (χ2n) is 5.91. The number of aryl methyl sites for hydroxylation is 1. The minimum absolute atomic E-state index is 0.0693. The number of halogens is 3. The predicted molar refractivity (Wildman–Crippen MR) is 118 cm³/mol. The van der Waals surface area contributed by atoms with Crippen molar-refractivity contribution in [3.05, 3.63) is 69.9 Å². The molecule has 152 valence electrons. The summed E-state index contributed by atoms with van der Waals surface area (Å²) in [4.78, 5) is 9.56. The van der Waals surface area contributed by atoms with Crippen molar-refractivity contribution in [2.75, 3.05) is 0 Å². The molecule has 29 heavy (non-hydrogen) atoms. The van der Waals surface area contributed by atoms with Crippen LogP contribution in [0.5, 0.6) is 0 Å². The van der Waals surface area contributed by atoms with Crippen molar-refractivity contribution in [3.8, 4) is 10.8 Å². The highest BCUT2D eigenvalue weighted by Crippen LogP contribution is 2.35. The Morgan fingerprint density at radius 2 is 1.93 bits per heavy atom. The molecule has 4 rings (SSSR count). The average molecular weight is 452 g/mol. The van der Waals surface area contributed by atoms with Crippen LogP contribution in [0.2, 0.25) is 5.02 Å². The summed E-state index contributed by atoms with van der Waals surface area (Å²) >= 11 is 9.10. The largest absolute Gasteiger partial charge is 0.295 e. The molecular weight excluding hydrogens is 432 g/mol. The van der Waals surface area contributed by atoms with E-state index in [0.29, 0.717) is 15.9 Å². The van der Waals surface area contributed by atoms with Crippen molar-refractivity contribution in [1.82, 2.24) is 14.4 Å². The van der Waals surface area contributed by atoms with Gasteiger partial charge in [0.1, 0.15) is 0 Å². The van der Waals surface area contributed by atoms with Gasteiger partial charge in [0.15, 0.2) is 10.8 Å². The van der Waals surface area contributed by atoms with Gasteiger partial charge in [-0.3, -0.25) is 4.40 Å². The number of pyridine rings is 1. The van der Waals surface area contributed by atoms with Crippen molar-refractivity contribution < 1.29 is 8.78 Å². The molecule has 0 spiro atoms. The second kappa shape index (κ2) is 9.69. The summed E-state index contributed by atoms with van der Waals surface area (Å²) < 4.78 is 27.7. The fraction of sp³-hybridized carbons (Fsp3) is 0.238. The van der Waals surface area contributed by atoms with Crippen LogP contribution < -0.4 is 0 Å². The molecule has 0 aliphatic carbocycles. The van der Waals surface area contributed by atoms with Crippen molar-refractivity contribution in [2.24, 2.45) is 0 Å². The topological polar surface area (TPSA) is 30.2 Å². The van der Waals surface area contributed by atoms with Crippen LogP contribution in [0.4, 0.5) is 8.78 Å². The van der Waals surface area contributed by atoms with E-state index in [-0.39, 0.29) is 4.88 Å². The number of hydrogen-bond donors (Lipinski definition) is 0. The quantitative estimate of drug-likeness (QED) is 0.291. The maximum atomic E-state index is 12.9. The molecular formula is C21H20ClF2N3S2. The van der Waals surface area contributed by atoms with Crippen molar-refractivity contribution >= 4 is 40.2 Å². The first-order valence-corrected chi connectivity index (χ1v) is 11.3. The normalized spacial score (nSPS) is 11.0. The number of benzene rings is 1. The molecule has 8 heteroatoms. The summed E-state index contributed by atoms with van der Waals surface area (Å²) in [6.45, 7) is 5.85. The van der Waals surface area contributed by atoms with E-state index in [0.717, 1.165) is 33.2 Å². The van der Waals surface area contributed by atoms with Crippen LogP contribution in [0.15, 0.2) is 53.7 Å². The minimum Gasteiger partial charge on any atom is -0.295 e. The number of thioether (sulfide) groups is 1. The molecule has 4 aromatic rings. The first kappa shape index (κ1) is 21.7. The molecule has 0 aliphatic rings. The zero-order chi connectivity index (χ0) is 21.0. The van der Waals surface area contributed by atoms with Gasteiger partial charge >= 0.3 is 0 Å². The highest BCUT2D eigenvalue weighted by atomic mass is 35.5. The van der Waals surface area contributed by atoms with Gasteiger partial charge in [-0.1, -0.05) is 55.8 Å². The van der Waals surface area contributed by atoms with Gasteiger partial charge in [-0.15, -0.1) is 23.1 Å². The summed E-state index contributed by atoms with van der Waals surface area (Å²) in [5, 5.41) is 1.03. The van der Waals surface area contributed by atoms with Gasteiger partial charge in [-0.2, -0.15) is 0 Å². The third kappa shape index (κ3) is 4.79. The van der Waals surface area contributed by atoms with E-state index >= 15 is 0 Å². The van der Waals surface area contributed by atoms with Gasteiger partial charge in [-0.05, 0) is 18.6 Å². The van der Waals surface area contributed by atoms with E-state index in [1.165, 1.54) is 11.8 Å². The highest BCUT2D eigenvalue weighted by molar-refractivity contribution is 7.98. The van der Waals surface area contributed by atoms with E-state index in [1.807, 2.05) is 55.6 Å². The molecule has 3 heterocycles. The molecule has 0 saturated heterocycles. The maximum absolute atomic E-state index is 12.9. The Hall–Kier alpha value is -1.96. The van der Waals surface area contributed by atoms with E-state index in [4.69, 9.17) is 11.6 Å². The molecule has 0 N–H and O–H groups in total. The summed E-state index contributed by atoms with van der Waals surface area (Å²) in [5.74, 6) is 1.34. The molecule has 0 atom stereocenters. The number of alkyl halides is 2. The van der Waals surface area contributed by atoms with Crippen molar-refractivity contribution in [1.29, 1.82) is 0 Å². The summed E-state index contributed by atoms with van der Waals surface area (Å²) in [7, 11) is 0. The molecule has 3 aromatic heterocycles. The van der Waals surface area contributed by atoms with E-state index < -0.39 is 6.43 Å². The molecule has 0 aliphatic heterocycles. The van der Waals surface area contributed by atoms with Gasteiger partial charge in [0.05, 0.1) is 21.1 Å². The van der Waals surface area contributed by atoms with Gasteiger partial charge in [-0.25, -0.2) is 18.7 Å². The fourth-order valence-corrected chi connectivity index (χ4v) is 4.85. The lowest BCUT2D eigenvalue weighted by atomic mass is 10.2. The van der Waals surface area contributed by atoms with Gasteiger partial charge < -0.3 is 0 Å². The number of fused-ring (bicyclic) bond motifs is 1. The lowest BCUT2D eigenvalue weighted by molar-refractivity contribution is 0.155. The molecule has 0 unspecified atom stereocenters. The van der Waals surface area contributed by atoms with E-state index in [2.05, 4.69) is 22.1 Å². The van der Waals surface area contributed by atoms with E-state index in [1.54, 1.807) is 11.8 Å². The zero-order valence-corrected chi connectivity index (χ0v) is 18.6. The highest BCUT2D eigenvalue weighted by Gasteiger charge is 2.19. The smallest absolute Gasteiger partial charge is 0.274 e. The predicted octanol–water partition coefficient (Wildman–Crippen LogP) is 7.68.